The van der Waals surface area contributed by atoms with Gasteiger partial charge in [-0.05, 0) is 6.92 Å². The number of rotatable bonds is 2. The molecule has 0 spiro atoms. The molecule has 0 bridgehead atoms. The molecule has 0 aliphatic carbocycles. The molecule has 4 nitrogen and oxygen atoms in total. The lowest BCUT2D eigenvalue weighted by atomic mass is 10.3. The molecule has 0 aliphatic rings. The SMILES string of the molecule is C=C(C)C(=O)NC(C#N)C#N. The van der Waals surface area contributed by atoms with Gasteiger partial charge < -0.3 is 5.32 Å². The number of carbonyl (C=O) groups excluding carboxylic acids is 1. The summed E-state index contributed by atoms with van der Waals surface area (Å²) in [5.74, 6) is -0.474. The molecule has 0 fully saturated rings. The summed E-state index contributed by atoms with van der Waals surface area (Å²) >= 11 is 0. The van der Waals surface area contributed by atoms with Gasteiger partial charge in [0.05, 0.1) is 0 Å². The Morgan fingerprint density at radius 3 is 2.27 bits per heavy atom. The Labute approximate surface area is 64.7 Å². The number of nitrogens with one attached hydrogen (secondary N) is 1. The Morgan fingerprint density at radius 2 is 2.00 bits per heavy atom. The topological polar surface area (TPSA) is 76.7 Å². The Balaban J connectivity index is 4.08. The second-order valence-corrected chi connectivity index (χ2v) is 1.95. The van der Waals surface area contributed by atoms with Crippen molar-refractivity contribution in [3.63, 3.8) is 0 Å². The smallest absolute Gasteiger partial charge is 0.248 e. The Morgan fingerprint density at radius 1 is 1.55 bits per heavy atom. The molecule has 0 saturated heterocycles. The largest absolute Gasteiger partial charge is 0.325 e. The number of nitriles is 2. The lowest BCUT2D eigenvalue weighted by Gasteiger charge is -2.01. The maximum atomic E-state index is 10.8. The first-order valence-electron chi connectivity index (χ1n) is 2.87. The van der Waals surface area contributed by atoms with E-state index in [0.717, 1.165) is 0 Å². The van der Waals surface area contributed by atoms with Crippen LogP contribution in [0.25, 0.3) is 0 Å². The summed E-state index contributed by atoms with van der Waals surface area (Å²) in [5.41, 5.74) is 0.278. The minimum Gasteiger partial charge on any atom is -0.325 e. The van der Waals surface area contributed by atoms with E-state index < -0.39 is 11.9 Å². The molecule has 4 heteroatoms. The molecule has 0 aromatic rings. The van der Waals surface area contributed by atoms with E-state index >= 15 is 0 Å². The second kappa shape index (κ2) is 4.08. The number of hydrogen-bond acceptors (Lipinski definition) is 3. The van der Waals surface area contributed by atoms with E-state index in [2.05, 4.69) is 11.9 Å². The van der Waals surface area contributed by atoms with Crippen LogP contribution in [-0.4, -0.2) is 11.9 Å². The predicted octanol–water partition coefficient (Wildman–Crippen LogP) is 0.0945. The van der Waals surface area contributed by atoms with E-state index in [4.69, 9.17) is 10.5 Å². The normalized spacial score (nSPS) is 8.00. The maximum absolute atomic E-state index is 10.8. The average molecular weight is 149 g/mol. The molecule has 11 heavy (non-hydrogen) atoms. The van der Waals surface area contributed by atoms with Crippen molar-refractivity contribution in [2.45, 2.75) is 13.0 Å². The fraction of sp³-hybridized carbons (Fsp3) is 0.286. The summed E-state index contributed by atoms with van der Waals surface area (Å²) in [5, 5.41) is 18.6. The van der Waals surface area contributed by atoms with Gasteiger partial charge in [0.1, 0.15) is 12.1 Å². The van der Waals surface area contributed by atoms with Crippen LogP contribution in [0.2, 0.25) is 0 Å². The number of carbonyl (C=O) groups is 1. The molecular formula is C7H7N3O. The van der Waals surface area contributed by atoms with Gasteiger partial charge in [0, 0.05) is 5.57 Å². The Bertz CT molecular complexity index is 242. The third-order valence-electron chi connectivity index (χ3n) is 0.921. The third-order valence-corrected chi connectivity index (χ3v) is 0.921. The molecule has 0 rings (SSSR count). The van der Waals surface area contributed by atoms with Gasteiger partial charge in [-0.3, -0.25) is 4.79 Å². The van der Waals surface area contributed by atoms with Crippen LogP contribution in [0.5, 0.6) is 0 Å². The van der Waals surface area contributed by atoms with Crippen molar-refractivity contribution in [3.8, 4) is 12.1 Å². The van der Waals surface area contributed by atoms with Gasteiger partial charge in [0.25, 0.3) is 0 Å². The zero-order valence-electron chi connectivity index (χ0n) is 6.09. The van der Waals surface area contributed by atoms with Crippen molar-refractivity contribution >= 4 is 5.91 Å². The van der Waals surface area contributed by atoms with Crippen LogP contribution in [0, 0.1) is 22.7 Å². The van der Waals surface area contributed by atoms with Gasteiger partial charge in [0.15, 0.2) is 0 Å². The summed E-state index contributed by atoms with van der Waals surface area (Å²) in [6, 6.07) is 2.12. The highest BCUT2D eigenvalue weighted by Gasteiger charge is 2.08. The van der Waals surface area contributed by atoms with Gasteiger partial charge in [-0.1, -0.05) is 6.58 Å². The molecule has 1 amide bonds. The zero-order valence-corrected chi connectivity index (χ0v) is 6.09. The molecule has 0 aromatic carbocycles. The van der Waals surface area contributed by atoms with Gasteiger partial charge >= 0.3 is 0 Å². The Kier molecular flexibility index (Phi) is 3.41. The molecule has 0 heterocycles. The molecule has 0 unspecified atom stereocenters. The van der Waals surface area contributed by atoms with Crippen molar-refractivity contribution in [3.05, 3.63) is 12.2 Å². The van der Waals surface area contributed by atoms with E-state index in [1.165, 1.54) is 6.92 Å². The monoisotopic (exact) mass is 149 g/mol. The van der Waals surface area contributed by atoms with E-state index in [9.17, 15) is 4.79 Å². The molecule has 0 aromatic heterocycles. The predicted molar refractivity (Wildman–Crippen MR) is 38.0 cm³/mol. The van der Waals surface area contributed by atoms with Crippen molar-refractivity contribution in [1.29, 1.82) is 10.5 Å². The summed E-state index contributed by atoms with van der Waals surface area (Å²) < 4.78 is 0. The molecule has 0 radical (unpaired) electrons. The van der Waals surface area contributed by atoms with E-state index in [-0.39, 0.29) is 5.57 Å². The van der Waals surface area contributed by atoms with Gasteiger partial charge in [-0.2, -0.15) is 10.5 Å². The first kappa shape index (κ1) is 9.19. The second-order valence-electron chi connectivity index (χ2n) is 1.95. The molecule has 1 N–H and O–H groups in total. The highest BCUT2D eigenvalue weighted by molar-refractivity contribution is 5.92. The van der Waals surface area contributed by atoms with E-state index in [1.807, 2.05) is 0 Å². The van der Waals surface area contributed by atoms with Crippen molar-refractivity contribution in [1.82, 2.24) is 5.32 Å². The van der Waals surface area contributed by atoms with Crippen LogP contribution in [0.4, 0.5) is 0 Å². The molecule has 0 atom stereocenters. The number of nitrogens with zero attached hydrogens (tertiary/aromatic N) is 2. The van der Waals surface area contributed by atoms with Crippen LogP contribution in [-0.2, 0) is 4.79 Å². The van der Waals surface area contributed by atoms with Crippen LogP contribution in [0.1, 0.15) is 6.92 Å². The van der Waals surface area contributed by atoms with E-state index in [1.54, 1.807) is 12.1 Å². The standard InChI is InChI=1S/C7H7N3O/c1-5(2)7(11)10-6(3-8)4-9/h6H,1H2,2H3,(H,10,11). The summed E-state index contributed by atoms with van der Waals surface area (Å²) in [7, 11) is 0. The van der Waals surface area contributed by atoms with Crippen LogP contribution in [0.15, 0.2) is 12.2 Å². The number of hydrogen-bond donors (Lipinski definition) is 1. The highest BCUT2D eigenvalue weighted by Crippen LogP contribution is 1.87. The van der Waals surface area contributed by atoms with E-state index in [0.29, 0.717) is 0 Å². The minimum atomic E-state index is -1.08. The van der Waals surface area contributed by atoms with Crippen LogP contribution in [0.3, 0.4) is 0 Å². The lowest BCUT2D eigenvalue weighted by Crippen LogP contribution is -2.32. The molecule has 0 saturated carbocycles. The van der Waals surface area contributed by atoms with Gasteiger partial charge in [0.2, 0.25) is 11.9 Å². The van der Waals surface area contributed by atoms with Crippen molar-refractivity contribution in [2.24, 2.45) is 0 Å². The number of amides is 1. The molecule has 0 aliphatic heterocycles. The molecular weight excluding hydrogens is 142 g/mol. The van der Waals surface area contributed by atoms with Crippen LogP contribution < -0.4 is 5.32 Å². The fourth-order valence-corrected chi connectivity index (χ4v) is 0.348. The van der Waals surface area contributed by atoms with Crippen molar-refractivity contribution < 1.29 is 4.79 Å². The van der Waals surface area contributed by atoms with Gasteiger partial charge in [-0.15, -0.1) is 0 Å². The zero-order chi connectivity index (χ0) is 8.85. The summed E-state index contributed by atoms with van der Waals surface area (Å²) in [6.45, 7) is 4.85. The maximum Gasteiger partial charge on any atom is 0.248 e. The third kappa shape index (κ3) is 3.02. The Hall–Kier alpha value is -1.81. The van der Waals surface area contributed by atoms with Gasteiger partial charge in [-0.25, -0.2) is 0 Å². The highest BCUT2D eigenvalue weighted by atomic mass is 16.1. The lowest BCUT2D eigenvalue weighted by molar-refractivity contribution is -0.117. The molecule has 56 valence electrons. The quantitative estimate of drug-likeness (QED) is 0.565. The summed E-state index contributed by atoms with van der Waals surface area (Å²) in [6.07, 6.45) is 0. The fourth-order valence-electron chi connectivity index (χ4n) is 0.348. The van der Waals surface area contributed by atoms with Crippen LogP contribution >= 0.6 is 0 Å². The first-order chi connectivity index (χ1) is 5.11. The summed E-state index contributed by atoms with van der Waals surface area (Å²) in [4.78, 5) is 10.8. The average Bonchev–Trinajstić information content (AvgIpc) is 1.99. The first-order valence-corrected chi connectivity index (χ1v) is 2.87. The minimum absolute atomic E-state index is 0.278. The van der Waals surface area contributed by atoms with Crippen molar-refractivity contribution in [2.75, 3.05) is 0 Å².